The molecule has 340 valence electrons. The Morgan fingerprint density at radius 2 is 0.478 bits per heavy atom. The quantitative estimate of drug-likeness (QED) is 0.127. The van der Waals surface area contributed by atoms with Crippen molar-refractivity contribution >= 4 is 9.03 Å². The molecule has 3 heteroatoms. The van der Waals surface area contributed by atoms with Crippen LogP contribution in [0, 0.1) is 0 Å². The number of benzene rings is 8. The summed E-state index contributed by atoms with van der Waals surface area (Å²) in [4.78, 5) is 0. The molecule has 0 saturated heterocycles. The highest BCUT2D eigenvalue weighted by molar-refractivity contribution is 7.27. The third-order valence-electron chi connectivity index (χ3n) is 12.8. The lowest BCUT2D eigenvalue weighted by atomic mass is 9.78. The van der Waals surface area contributed by atoms with Gasteiger partial charge in [-0.2, -0.15) is 0 Å². The molecule has 0 N–H and O–H groups in total. The Balaban J connectivity index is 1.41. The average molecular weight is 899 g/mol. The van der Waals surface area contributed by atoms with Gasteiger partial charge in [0.2, 0.25) is 0 Å². The van der Waals surface area contributed by atoms with Crippen molar-refractivity contribution in [3.63, 3.8) is 0 Å². The standard InChI is InChI=1S/C64H67O2P/c1-61(2,3)55-35-23-19-31-47(55)51-39-45(43-27-15-13-16-28-43)40-52(48-32-20-24-36-56(48)62(4,5)6)59(51)65-67-66-60-53(49-33-21-25-37-57(49)63(7,8)9)41-46(44-29-17-14-18-30-44)42-54(60)50-34-22-26-38-58(50)64(10,11)12/h13-42,67H,1-12H3. The van der Waals surface area contributed by atoms with Crippen molar-refractivity contribution < 1.29 is 9.05 Å². The molecule has 0 aliphatic carbocycles. The summed E-state index contributed by atoms with van der Waals surface area (Å²) in [5.41, 5.74) is 17.8. The van der Waals surface area contributed by atoms with Crippen LogP contribution in [0.15, 0.2) is 182 Å². The van der Waals surface area contributed by atoms with Gasteiger partial charge in [-0.15, -0.1) is 0 Å². The fourth-order valence-corrected chi connectivity index (χ4v) is 10.1. The van der Waals surface area contributed by atoms with Crippen LogP contribution in [0.25, 0.3) is 66.8 Å². The minimum absolute atomic E-state index is 0.135. The second kappa shape index (κ2) is 18.8. The van der Waals surface area contributed by atoms with Crippen molar-refractivity contribution in [1.29, 1.82) is 0 Å². The molecule has 2 nitrogen and oxygen atoms in total. The molecule has 0 unspecified atom stereocenters. The van der Waals surface area contributed by atoms with Gasteiger partial charge in [-0.25, -0.2) is 0 Å². The van der Waals surface area contributed by atoms with Gasteiger partial charge in [0.15, 0.2) is 0 Å². The first-order valence-electron chi connectivity index (χ1n) is 23.8. The Kier molecular flexibility index (Phi) is 13.3. The molecule has 8 aromatic rings. The predicted molar refractivity (Wildman–Crippen MR) is 290 cm³/mol. The Labute approximate surface area is 403 Å². The fourth-order valence-electron chi connectivity index (χ4n) is 9.46. The van der Waals surface area contributed by atoms with Crippen LogP contribution in [0.1, 0.15) is 105 Å². The summed E-state index contributed by atoms with van der Waals surface area (Å²) in [5, 5.41) is 0. The van der Waals surface area contributed by atoms with E-state index in [0.29, 0.717) is 0 Å². The predicted octanol–water partition coefficient (Wildman–Crippen LogP) is 18.8. The van der Waals surface area contributed by atoms with Gasteiger partial charge < -0.3 is 9.05 Å². The van der Waals surface area contributed by atoms with Crippen molar-refractivity contribution in [2.75, 3.05) is 0 Å². The third kappa shape index (κ3) is 10.2. The van der Waals surface area contributed by atoms with Crippen LogP contribution in [-0.2, 0) is 21.7 Å². The lowest BCUT2D eigenvalue weighted by Crippen LogP contribution is -2.14. The lowest BCUT2D eigenvalue weighted by Gasteiger charge is -2.28. The Bertz CT molecular complexity index is 2640. The van der Waals surface area contributed by atoms with Gasteiger partial charge in [-0.05, 0) is 113 Å². The monoisotopic (exact) mass is 898 g/mol. The van der Waals surface area contributed by atoms with Gasteiger partial charge in [0.1, 0.15) is 11.5 Å². The smallest absolute Gasteiger partial charge is 0.275 e. The molecule has 0 aromatic heterocycles. The average Bonchev–Trinajstić information content (AvgIpc) is 3.31. The highest BCUT2D eigenvalue weighted by Gasteiger charge is 2.29. The van der Waals surface area contributed by atoms with E-state index in [1.54, 1.807) is 0 Å². The van der Waals surface area contributed by atoms with E-state index < -0.39 is 0 Å². The van der Waals surface area contributed by atoms with Gasteiger partial charge in [0.05, 0.1) is 0 Å². The van der Waals surface area contributed by atoms with Crippen LogP contribution in [0.2, 0.25) is 0 Å². The summed E-state index contributed by atoms with van der Waals surface area (Å²) >= 11 is 0. The first kappa shape index (κ1) is 47.3. The van der Waals surface area contributed by atoms with Crippen molar-refractivity contribution in [1.82, 2.24) is 0 Å². The maximum absolute atomic E-state index is 7.40. The Morgan fingerprint density at radius 3 is 0.716 bits per heavy atom. The van der Waals surface area contributed by atoms with E-state index in [4.69, 9.17) is 9.05 Å². The summed E-state index contributed by atoms with van der Waals surface area (Å²) in [5.74, 6) is 1.61. The second-order valence-corrected chi connectivity index (χ2v) is 22.6. The van der Waals surface area contributed by atoms with Crippen LogP contribution >= 0.6 is 9.03 Å². The summed E-state index contributed by atoms with van der Waals surface area (Å²) in [6.45, 7) is 27.5. The molecule has 0 saturated carbocycles. The van der Waals surface area contributed by atoms with E-state index in [1.807, 2.05) is 0 Å². The van der Waals surface area contributed by atoms with Gasteiger partial charge in [0, 0.05) is 22.3 Å². The molecule has 0 aliphatic heterocycles. The maximum atomic E-state index is 7.40. The zero-order valence-electron chi connectivity index (χ0n) is 41.6. The maximum Gasteiger partial charge on any atom is 0.275 e. The second-order valence-electron chi connectivity index (χ2n) is 22.0. The van der Waals surface area contributed by atoms with Crippen molar-refractivity contribution in [2.45, 2.75) is 105 Å². The molecule has 0 atom stereocenters. The highest BCUT2D eigenvalue weighted by Crippen LogP contribution is 2.52. The van der Waals surface area contributed by atoms with Crippen LogP contribution in [0.5, 0.6) is 11.5 Å². The molecule has 0 bridgehead atoms. The zero-order chi connectivity index (χ0) is 47.7. The van der Waals surface area contributed by atoms with E-state index in [2.05, 4.69) is 265 Å². The van der Waals surface area contributed by atoms with E-state index in [9.17, 15) is 0 Å². The van der Waals surface area contributed by atoms with Crippen LogP contribution < -0.4 is 9.05 Å². The molecule has 0 aliphatic rings. The van der Waals surface area contributed by atoms with E-state index in [1.165, 1.54) is 22.3 Å². The molecular weight excluding hydrogens is 832 g/mol. The summed E-state index contributed by atoms with van der Waals surface area (Å²) in [6.07, 6.45) is 0. The molecule has 0 heterocycles. The molecule has 8 rings (SSSR count). The summed E-state index contributed by atoms with van der Waals surface area (Å²) in [6, 6.07) is 66.1. The van der Waals surface area contributed by atoms with E-state index >= 15 is 0 Å². The highest BCUT2D eigenvalue weighted by atomic mass is 31.1. The SMILES string of the molecule is CC(C)(C)c1ccccc1-c1cc(-c2ccccc2)cc(-c2ccccc2C(C)(C)C)c1OPOc1c(-c2ccccc2C(C)(C)C)cc(-c2ccccc2)cc1-c1ccccc1C(C)(C)C. The first-order valence-corrected chi connectivity index (χ1v) is 24.6. The molecule has 8 aromatic carbocycles. The van der Waals surface area contributed by atoms with Crippen LogP contribution in [0.4, 0.5) is 0 Å². The fraction of sp³-hybridized carbons (Fsp3) is 0.250. The van der Waals surface area contributed by atoms with Gasteiger partial charge in [-0.1, -0.05) is 241 Å². The van der Waals surface area contributed by atoms with Crippen molar-refractivity contribution in [2.24, 2.45) is 0 Å². The topological polar surface area (TPSA) is 18.5 Å². The minimum Gasteiger partial charge on any atom is -0.439 e. The van der Waals surface area contributed by atoms with Crippen LogP contribution in [-0.4, -0.2) is 0 Å². The van der Waals surface area contributed by atoms with E-state index in [-0.39, 0.29) is 30.7 Å². The normalized spacial score (nSPS) is 12.2. The zero-order valence-corrected chi connectivity index (χ0v) is 42.6. The Hall–Kier alpha value is -6.21. The largest absolute Gasteiger partial charge is 0.439 e. The number of hydrogen-bond donors (Lipinski definition) is 0. The molecule has 67 heavy (non-hydrogen) atoms. The lowest BCUT2D eigenvalue weighted by molar-refractivity contribution is 0.519. The van der Waals surface area contributed by atoms with E-state index in [0.717, 1.165) is 78.3 Å². The van der Waals surface area contributed by atoms with Crippen molar-refractivity contribution in [3.05, 3.63) is 204 Å². The first-order chi connectivity index (χ1) is 31.8. The third-order valence-corrected chi connectivity index (χ3v) is 13.4. The molecule has 0 amide bonds. The van der Waals surface area contributed by atoms with Gasteiger partial charge in [0.25, 0.3) is 9.03 Å². The number of rotatable bonds is 10. The minimum atomic E-state index is -0.387. The summed E-state index contributed by atoms with van der Waals surface area (Å²) in [7, 11) is -0.387. The summed E-state index contributed by atoms with van der Waals surface area (Å²) < 4.78 is 14.8. The van der Waals surface area contributed by atoms with Gasteiger partial charge in [-0.3, -0.25) is 0 Å². The number of hydrogen-bond acceptors (Lipinski definition) is 2. The molecule has 0 spiro atoms. The van der Waals surface area contributed by atoms with Crippen LogP contribution in [0.3, 0.4) is 0 Å². The Morgan fingerprint density at radius 1 is 0.254 bits per heavy atom. The molecule has 0 radical (unpaired) electrons. The molecular formula is C64H67O2P. The molecule has 0 fully saturated rings. The van der Waals surface area contributed by atoms with Crippen molar-refractivity contribution in [3.8, 4) is 78.3 Å². The van der Waals surface area contributed by atoms with Gasteiger partial charge >= 0.3 is 0 Å².